The second kappa shape index (κ2) is 6.99. The molecule has 1 atom stereocenters. The molecule has 0 saturated heterocycles. The Bertz CT molecular complexity index is 378. The highest BCUT2D eigenvalue weighted by atomic mass is 127. The topological polar surface area (TPSA) is 20.3 Å². The number of rotatable bonds is 5. The monoisotopic (exact) mass is 345 g/mol. The van der Waals surface area contributed by atoms with E-state index in [1.807, 2.05) is 36.1 Å². The molecule has 1 unspecified atom stereocenters. The Morgan fingerprint density at radius 2 is 2.12 bits per heavy atom. The molecular weight excluding hydrogens is 325 g/mol. The van der Waals surface area contributed by atoms with Crippen molar-refractivity contribution in [1.82, 2.24) is 4.90 Å². The van der Waals surface area contributed by atoms with Crippen LogP contribution in [0, 0.1) is 9.49 Å². The van der Waals surface area contributed by atoms with Gasteiger partial charge in [0.25, 0.3) is 5.91 Å². The van der Waals surface area contributed by atoms with Crippen LogP contribution in [0.3, 0.4) is 0 Å². The largest absolute Gasteiger partial charge is 0.339 e. The molecule has 0 bridgehead atoms. The highest BCUT2D eigenvalue weighted by Gasteiger charge is 2.16. The van der Waals surface area contributed by atoms with Gasteiger partial charge in [-0.25, -0.2) is 0 Å². The third-order valence-corrected chi connectivity index (χ3v) is 3.64. The minimum atomic E-state index is 0.145. The van der Waals surface area contributed by atoms with Gasteiger partial charge in [-0.15, -0.1) is 0 Å². The maximum Gasteiger partial charge on any atom is 0.253 e. The number of benzene rings is 1. The number of hydrogen-bond donors (Lipinski definition) is 0. The fraction of sp³-hybridized carbons (Fsp3) is 0.500. The van der Waals surface area contributed by atoms with E-state index in [0.29, 0.717) is 5.92 Å². The predicted molar refractivity (Wildman–Crippen MR) is 80.2 cm³/mol. The van der Waals surface area contributed by atoms with E-state index in [1.54, 1.807) is 0 Å². The molecule has 0 aliphatic heterocycles. The van der Waals surface area contributed by atoms with Crippen LogP contribution in [-0.2, 0) is 0 Å². The third kappa shape index (κ3) is 4.30. The van der Waals surface area contributed by atoms with E-state index in [4.69, 9.17) is 0 Å². The van der Waals surface area contributed by atoms with E-state index in [0.717, 1.165) is 28.6 Å². The number of carbonyl (C=O) groups excluding carboxylic acids is 1. The van der Waals surface area contributed by atoms with Crippen LogP contribution in [0.1, 0.15) is 37.6 Å². The molecule has 0 aromatic heterocycles. The third-order valence-electron chi connectivity index (χ3n) is 2.97. The first kappa shape index (κ1) is 14.5. The summed E-state index contributed by atoms with van der Waals surface area (Å²) in [5.74, 6) is 0.702. The Morgan fingerprint density at radius 3 is 2.65 bits per heavy atom. The van der Waals surface area contributed by atoms with Crippen LogP contribution in [0.2, 0.25) is 0 Å². The first-order chi connectivity index (χ1) is 8.08. The summed E-state index contributed by atoms with van der Waals surface area (Å²) in [5, 5.41) is 0. The molecule has 0 aliphatic carbocycles. The number of hydrogen-bond acceptors (Lipinski definition) is 1. The van der Waals surface area contributed by atoms with Gasteiger partial charge in [0, 0.05) is 22.2 Å². The second-order valence-corrected chi connectivity index (χ2v) is 5.61. The molecule has 0 N–H and O–H groups in total. The molecule has 94 valence electrons. The van der Waals surface area contributed by atoms with Crippen LogP contribution < -0.4 is 0 Å². The van der Waals surface area contributed by atoms with Crippen molar-refractivity contribution < 1.29 is 4.79 Å². The summed E-state index contributed by atoms with van der Waals surface area (Å²) >= 11 is 2.24. The highest BCUT2D eigenvalue weighted by molar-refractivity contribution is 14.1. The maximum atomic E-state index is 12.3. The lowest BCUT2D eigenvalue weighted by molar-refractivity contribution is 0.0741. The summed E-state index contributed by atoms with van der Waals surface area (Å²) in [6.45, 7) is 8.00. The van der Waals surface area contributed by atoms with Crippen molar-refractivity contribution in [3.63, 3.8) is 0 Å². The van der Waals surface area contributed by atoms with Gasteiger partial charge >= 0.3 is 0 Å². The molecule has 0 radical (unpaired) electrons. The van der Waals surface area contributed by atoms with Gasteiger partial charge in [0.05, 0.1) is 0 Å². The Hall–Kier alpha value is -0.580. The van der Waals surface area contributed by atoms with E-state index in [1.165, 1.54) is 0 Å². The molecule has 2 nitrogen and oxygen atoms in total. The Labute approximate surface area is 118 Å². The maximum absolute atomic E-state index is 12.3. The molecule has 1 rings (SSSR count). The van der Waals surface area contributed by atoms with Crippen LogP contribution in [0.5, 0.6) is 0 Å². The summed E-state index contributed by atoms with van der Waals surface area (Å²) in [6, 6.07) is 7.78. The summed E-state index contributed by atoms with van der Waals surface area (Å²) in [5.41, 5.74) is 0.794. The van der Waals surface area contributed by atoms with E-state index in [2.05, 4.69) is 36.4 Å². The highest BCUT2D eigenvalue weighted by Crippen LogP contribution is 2.12. The average molecular weight is 345 g/mol. The van der Waals surface area contributed by atoms with Gasteiger partial charge in [0.15, 0.2) is 0 Å². The zero-order chi connectivity index (χ0) is 12.8. The number of halogens is 1. The molecule has 0 heterocycles. The summed E-state index contributed by atoms with van der Waals surface area (Å²) < 4.78 is 1.10. The van der Waals surface area contributed by atoms with Crippen molar-refractivity contribution in [2.45, 2.75) is 27.2 Å². The molecule has 0 fully saturated rings. The first-order valence-corrected chi connectivity index (χ1v) is 7.21. The summed E-state index contributed by atoms with van der Waals surface area (Å²) in [6.07, 6.45) is 1.11. The quantitative estimate of drug-likeness (QED) is 0.744. The SMILES string of the molecule is CCC(C)CN(CC)C(=O)c1cccc(I)c1. The molecular formula is C14H20INO. The molecule has 0 spiro atoms. The molecule has 1 aromatic carbocycles. The molecule has 0 aliphatic rings. The smallest absolute Gasteiger partial charge is 0.253 e. The summed E-state index contributed by atoms with van der Waals surface area (Å²) in [4.78, 5) is 14.2. The van der Waals surface area contributed by atoms with Crippen LogP contribution in [0.4, 0.5) is 0 Å². The zero-order valence-electron chi connectivity index (χ0n) is 10.7. The van der Waals surface area contributed by atoms with Crippen LogP contribution in [0.25, 0.3) is 0 Å². The van der Waals surface area contributed by atoms with E-state index in [-0.39, 0.29) is 5.91 Å². The van der Waals surface area contributed by atoms with Crippen LogP contribution in [0.15, 0.2) is 24.3 Å². The average Bonchev–Trinajstić information content (AvgIpc) is 2.34. The predicted octanol–water partition coefficient (Wildman–Crippen LogP) is 3.80. The Kier molecular flexibility index (Phi) is 5.95. The normalized spacial score (nSPS) is 12.2. The van der Waals surface area contributed by atoms with Crippen molar-refractivity contribution in [1.29, 1.82) is 0 Å². The standard InChI is InChI=1S/C14H20INO/c1-4-11(3)10-16(5-2)14(17)12-7-6-8-13(15)9-12/h6-9,11H,4-5,10H2,1-3H3. The fourth-order valence-electron chi connectivity index (χ4n) is 1.67. The van der Waals surface area contributed by atoms with Crippen molar-refractivity contribution in [2.75, 3.05) is 13.1 Å². The van der Waals surface area contributed by atoms with Gasteiger partial charge in [-0.3, -0.25) is 4.79 Å². The zero-order valence-corrected chi connectivity index (χ0v) is 12.9. The second-order valence-electron chi connectivity index (χ2n) is 4.37. The minimum absolute atomic E-state index is 0.145. The van der Waals surface area contributed by atoms with Crippen LogP contribution in [-0.4, -0.2) is 23.9 Å². The number of amides is 1. The van der Waals surface area contributed by atoms with Gasteiger partial charge in [0.1, 0.15) is 0 Å². The Balaban J connectivity index is 2.79. The van der Waals surface area contributed by atoms with Crippen LogP contribution >= 0.6 is 22.6 Å². The first-order valence-electron chi connectivity index (χ1n) is 6.13. The van der Waals surface area contributed by atoms with Crippen molar-refractivity contribution in [3.8, 4) is 0 Å². The lowest BCUT2D eigenvalue weighted by Crippen LogP contribution is -2.34. The molecule has 1 amide bonds. The van der Waals surface area contributed by atoms with E-state index in [9.17, 15) is 4.79 Å². The van der Waals surface area contributed by atoms with Gasteiger partial charge in [-0.05, 0) is 53.6 Å². The molecule has 17 heavy (non-hydrogen) atoms. The fourth-order valence-corrected chi connectivity index (χ4v) is 2.21. The Morgan fingerprint density at radius 1 is 1.41 bits per heavy atom. The van der Waals surface area contributed by atoms with Gasteiger partial charge in [-0.2, -0.15) is 0 Å². The van der Waals surface area contributed by atoms with Crippen molar-refractivity contribution >= 4 is 28.5 Å². The molecule has 0 saturated carbocycles. The van der Waals surface area contributed by atoms with Gasteiger partial charge < -0.3 is 4.90 Å². The molecule has 3 heteroatoms. The van der Waals surface area contributed by atoms with E-state index < -0.39 is 0 Å². The van der Waals surface area contributed by atoms with Crippen molar-refractivity contribution in [3.05, 3.63) is 33.4 Å². The number of carbonyl (C=O) groups is 1. The molecule has 1 aromatic rings. The van der Waals surface area contributed by atoms with Gasteiger partial charge in [0.2, 0.25) is 0 Å². The summed E-state index contributed by atoms with van der Waals surface area (Å²) in [7, 11) is 0. The van der Waals surface area contributed by atoms with Gasteiger partial charge in [-0.1, -0.05) is 26.3 Å². The lowest BCUT2D eigenvalue weighted by atomic mass is 10.1. The van der Waals surface area contributed by atoms with Crippen molar-refractivity contribution in [2.24, 2.45) is 5.92 Å². The number of nitrogens with zero attached hydrogens (tertiary/aromatic N) is 1. The minimum Gasteiger partial charge on any atom is -0.339 e. The van der Waals surface area contributed by atoms with E-state index >= 15 is 0 Å². The lowest BCUT2D eigenvalue weighted by Gasteiger charge is -2.24.